The second-order valence-corrected chi connectivity index (χ2v) is 8.38. The van der Waals surface area contributed by atoms with Gasteiger partial charge in [0, 0.05) is 23.3 Å². The Morgan fingerprint density at radius 1 is 1.20 bits per heavy atom. The molecule has 144 valence electrons. The molecule has 3 nitrogen and oxygen atoms in total. The van der Waals surface area contributed by atoms with Crippen molar-refractivity contribution >= 4 is 5.91 Å². The SMILES string of the molecule is [CH2][C@@H]1C(=O)N2[C@@H](O[C@@H]3C[C@H](C)CC[C@H]3C2(C)C)[C@@H]1C(C)C.[Cl-].[Cl-].[Cl-].[Ti+3]. The van der Waals surface area contributed by atoms with E-state index in [4.69, 9.17) is 4.74 Å². The van der Waals surface area contributed by atoms with E-state index in [1.807, 2.05) is 4.90 Å². The van der Waals surface area contributed by atoms with Gasteiger partial charge in [0.1, 0.15) is 6.23 Å². The van der Waals surface area contributed by atoms with Gasteiger partial charge in [-0.2, -0.15) is 0 Å². The molecule has 0 N–H and O–H groups in total. The third-order valence-electron chi connectivity index (χ3n) is 6.27. The van der Waals surface area contributed by atoms with Gasteiger partial charge in [-0.25, -0.2) is 0 Å². The van der Waals surface area contributed by atoms with Gasteiger partial charge in [0.2, 0.25) is 5.91 Å². The maximum absolute atomic E-state index is 12.8. The standard InChI is InChI=1S/C18H30NO2.3ClH.Ti/c1-10(2)15-12(4)16(20)19-17(15)21-14-9-11(3)7-8-13(14)18(19,5)6;;;;/h10-15,17H,4,7-9H2,1-3,5-6H3;3*1H;/q;;;;+3/p-3/t11-,12+,13-,14-,15-,17+;;;;/m1..../s1. The van der Waals surface area contributed by atoms with Crippen molar-refractivity contribution in [2.45, 2.75) is 71.8 Å². The van der Waals surface area contributed by atoms with Gasteiger partial charge < -0.3 is 46.9 Å². The minimum absolute atomic E-state index is 0. The van der Waals surface area contributed by atoms with Gasteiger partial charge >= 0.3 is 21.7 Å². The number of amides is 1. The fourth-order valence-electron chi connectivity index (χ4n) is 5.04. The quantitative estimate of drug-likeness (QED) is 0.376. The number of halogens is 3. The van der Waals surface area contributed by atoms with Crippen LogP contribution in [0.3, 0.4) is 0 Å². The molecule has 1 aliphatic carbocycles. The summed E-state index contributed by atoms with van der Waals surface area (Å²) in [6.45, 7) is 15.3. The number of nitrogens with zero attached hydrogens (tertiary/aromatic N) is 1. The van der Waals surface area contributed by atoms with Crippen LogP contribution in [0.25, 0.3) is 0 Å². The van der Waals surface area contributed by atoms with E-state index < -0.39 is 0 Å². The maximum atomic E-state index is 12.8. The minimum Gasteiger partial charge on any atom is -1.00 e. The second kappa shape index (κ2) is 9.98. The zero-order valence-electron chi connectivity index (χ0n) is 15.8. The predicted molar refractivity (Wildman–Crippen MR) is 83.3 cm³/mol. The molecule has 3 aliphatic rings. The van der Waals surface area contributed by atoms with E-state index in [9.17, 15) is 4.79 Å². The number of fused-ring (bicyclic) bond motifs is 2. The van der Waals surface area contributed by atoms with Crippen LogP contribution in [-0.4, -0.2) is 28.7 Å². The van der Waals surface area contributed by atoms with Gasteiger partial charge in [0.25, 0.3) is 0 Å². The van der Waals surface area contributed by atoms with Crippen molar-refractivity contribution in [3.63, 3.8) is 0 Å². The molecule has 1 amide bonds. The molecule has 0 aromatic rings. The van der Waals surface area contributed by atoms with Crippen molar-refractivity contribution < 1.29 is 68.5 Å². The molecule has 25 heavy (non-hydrogen) atoms. The molecular formula is C18H30Cl3NO2Ti. The molecule has 3 fully saturated rings. The van der Waals surface area contributed by atoms with E-state index in [2.05, 4.69) is 41.5 Å². The van der Waals surface area contributed by atoms with Crippen LogP contribution in [0, 0.1) is 36.5 Å². The van der Waals surface area contributed by atoms with Crippen molar-refractivity contribution in [1.29, 1.82) is 0 Å². The van der Waals surface area contributed by atoms with Crippen LogP contribution in [0.4, 0.5) is 0 Å². The zero-order chi connectivity index (χ0) is 15.5. The Morgan fingerprint density at radius 3 is 2.28 bits per heavy atom. The van der Waals surface area contributed by atoms with Gasteiger partial charge in [-0.15, -0.1) is 0 Å². The second-order valence-electron chi connectivity index (χ2n) is 8.38. The molecule has 0 aromatic carbocycles. The number of hydrogen-bond acceptors (Lipinski definition) is 2. The predicted octanol–water partition coefficient (Wildman–Crippen LogP) is -5.50. The summed E-state index contributed by atoms with van der Waals surface area (Å²) in [6.07, 6.45) is 3.80. The van der Waals surface area contributed by atoms with Crippen molar-refractivity contribution in [3.05, 3.63) is 6.92 Å². The largest absolute Gasteiger partial charge is 3.00 e. The summed E-state index contributed by atoms with van der Waals surface area (Å²) >= 11 is 0. The molecule has 0 spiro atoms. The Balaban J connectivity index is 0. The third-order valence-corrected chi connectivity index (χ3v) is 6.27. The van der Waals surface area contributed by atoms with E-state index in [1.165, 1.54) is 12.8 Å². The van der Waals surface area contributed by atoms with E-state index in [0.29, 0.717) is 17.9 Å². The Kier molecular flexibility index (Phi) is 11.3. The van der Waals surface area contributed by atoms with Gasteiger partial charge in [-0.05, 0) is 45.4 Å². The van der Waals surface area contributed by atoms with Crippen LogP contribution < -0.4 is 37.2 Å². The van der Waals surface area contributed by atoms with E-state index in [-0.39, 0.29) is 88.4 Å². The average Bonchev–Trinajstić information content (AvgIpc) is 2.61. The minimum atomic E-state index is -0.160. The van der Waals surface area contributed by atoms with Crippen molar-refractivity contribution in [2.75, 3.05) is 0 Å². The van der Waals surface area contributed by atoms with Crippen LogP contribution in [0.1, 0.15) is 53.9 Å². The first-order chi connectivity index (χ1) is 9.75. The third kappa shape index (κ3) is 4.54. The summed E-state index contributed by atoms with van der Waals surface area (Å²) in [7, 11) is 0. The Morgan fingerprint density at radius 2 is 1.76 bits per heavy atom. The molecular weight excluding hydrogens is 416 g/mol. The average molecular weight is 447 g/mol. The number of carbonyl (C=O) groups is 1. The van der Waals surface area contributed by atoms with Crippen molar-refractivity contribution in [1.82, 2.24) is 4.90 Å². The molecule has 0 aromatic heterocycles. The molecule has 0 bridgehead atoms. The molecule has 2 radical (unpaired) electrons. The Labute approximate surface area is 186 Å². The van der Waals surface area contributed by atoms with E-state index in [1.54, 1.807) is 0 Å². The first-order valence-electron chi connectivity index (χ1n) is 8.56. The van der Waals surface area contributed by atoms with Gasteiger partial charge in [0.05, 0.1) is 6.10 Å². The summed E-state index contributed by atoms with van der Waals surface area (Å²) in [5.74, 6) is 1.87. The molecule has 3 rings (SSSR count). The summed E-state index contributed by atoms with van der Waals surface area (Å²) < 4.78 is 6.50. The fraction of sp³-hybridized carbons (Fsp3) is 0.889. The number of rotatable bonds is 1. The van der Waals surface area contributed by atoms with Crippen LogP contribution in [0.5, 0.6) is 0 Å². The molecule has 1 saturated carbocycles. The molecule has 6 atom stereocenters. The van der Waals surface area contributed by atoms with E-state index in [0.717, 1.165) is 12.3 Å². The van der Waals surface area contributed by atoms with Crippen LogP contribution in [-0.2, 0) is 31.2 Å². The molecule has 2 aliphatic heterocycles. The van der Waals surface area contributed by atoms with Gasteiger partial charge in [-0.1, -0.05) is 27.2 Å². The number of ether oxygens (including phenoxy) is 1. The van der Waals surface area contributed by atoms with Crippen LogP contribution in [0.15, 0.2) is 0 Å². The summed E-state index contributed by atoms with van der Waals surface area (Å²) in [5, 5.41) is 0. The molecule has 2 heterocycles. The maximum Gasteiger partial charge on any atom is 3.00 e. The smallest absolute Gasteiger partial charge is 1.00 e. The molecule has 7 heteroatoms. The first-order valence-corrected chi connectivity index (χ1v) is 8.56. The molecule has 0 unspecified atom stereocenters. The Hall–Kier alpha value is 1.01. The first kappa shape index (κ1) is 28.2. The summed E-state index contributed by atoms with van der Waals surface area (Å²) in [5.41, 5.74) is -0.107. The summed E-state index contributed by atoms with van der Waals surface area (Å²) in [4.78, 5) is 14.8. The number of carbonyl (C=O) groups excluding carboxylic acids is 1. The monoisotopic (exact) mass is 445 g/mol. The van der Waals surface area contributed by atoms with Crippen LogP contribution >= 0.6 is 0 Å². The molecule has 2 saturated heterocycles. The van der Waals surface area contributed by atoms with Gasteiger partial charge in [-0.3, -0.25) is 4.79 Å². The zero-order valence-corrected chi connectivity index (χ0v) is 19.6. The van der Waals surface area contributed by atoms with Crippen LogP contribution in [0.2, 0.25) is 0 Å². The van der Waals surface area contributed by atoms with Crippen molar-refractivity contribution in [3.8, 4) is 0 Å². The van der Waals surface area contributed by atoms with Crippen molar-refractivity contribution in [2.24, 2.45) is 29.6 Å². The normalized spacial score (nSPS) is 38.4. The topological polar surface area (TPSA) is 29.5 Å². The fourth-order valence-corrected chi connectivity index (χ4v) is 5.04. The van der Waals surface area contributed by atoms with E-state index >= 15 is 0 Å². The van der Waals surface area contributed by atoms with Gasteiger partial charge in [0.15, 0.2) is 0 Å². The summed E-state index contributed by atoms with van der Waals surface area (Å²) in [6, 6.07) is 0. The Bertz CT molecular complexity index is 450. The number of hydrogen-bond donors (Lipinski definition) is 0.